The van der Waals surface area contributed by atoms with Crippen molar-refractivity contribution in [1.82, 2.24) is 9.88 Å². The van der Waals surface area contributed by atoms with E-state index in [0.29, 0.717) is 0 Å². The van der Waals surface area contributed by atoms with Crippen LogP contribution in [0.2, 0.25) is 0 Å². The number of likely N-dealkylation sites (N-methyl/N-ethyl adjacent to an activating group) is 1. The van der Waals surface area contributed by atoms with Crippen LogP contribution in [0, 0.1) is 0 Å². The summed E-state index contributed by atoms with van der Waals surface area (Å²) in [6.07, 6.45) is 3.95. The number of carbonyl (C=O) groups is 1. The van der Waals surface area contributed by atoms with E-state index in [-0.39, 0.29) is 11.3 Å². The van der Waals surface area contributed by atoms with E-state index >= 15 is 0 Å². The van der Waals surface area contributed by atoms with E-state index in [1.165, 1.54) is 54.5 Å². The highest BCUT2D eigenvalue weighted by Gasteiger charge is 2.42. The van der Waals surface area contributed by atoms with E-state index in [1.807, 2.05) is 0 Å². The monoisotopic (exact) mass is 496 g/mol. The number of H-pyrrole nitrogens is 1. The number of rotatable bonds is 5. The molecule has 0 amide bonds. The lowest BCUT2D eigenvalue weighted by Crippen LogP contribution is -2.43. The van der Waals surface area contributed by atoms with Gasteiger partial charge in [-0.05, 0) is 82.9 Å². The number of hydrogen-bond acceptors (Lipinski definition) is 2. The van der Waals surface area contributed by atoms with Gasteiger partial charge < -0.3 is 14.7 Å². The second kappa shape index (κ2) is 8.82. The predicted octanol–water partition coefficient (Wildman–Crippen LogP) is 7.75. The van der Waals surface area contributed by atoms with Gasteiger partial charge in [0.15, 0.2) is 0 Å². The Balaban J connectivity index is 1.41. The quantitative estimate of drug-likeness (QED) is 0.196. The molecule has 1 heterocycles. The number of nitrogens with zero attached hydrogens (tertiary/aromatic N) is 1. The van der Waals surface area contributed by atoms with E-state index in [1.54, 1.807) is 0 Å². The topological polar surface area (TPSA) is 36.1 Å². The van der Waals surface area contributed by atoms with Gasteiger partial charge in [-0.1, -0.05) is 84.9 Å². The zero-order valence-corrected chi connectivity index (χ0v) is 22.0. The molecule has 0 saturated heterocycles. The minimum atomic E-state index is -0.0949. The molecule has 1 aliphatic rings. The highest BCUT2D eigenvalue weighted by Crippen LogP contribution is 2.47. The first-order chi connectivity index (χ1) is 18.6. The summed E-state index contributed by atoms with van der Waals surface area (Å²) in [5, 5.41) is 8.97. The van der Waals surface area contributed by atoms with E-state index in [2.05, 4.69) is 115 Å². The van der Waals surface area contributed by atoms with Crippen molar-refractivity contribution in [1.29, 1.82) is 0 Å². The normalized spacial score (nSPS) is 19.5. The summed E-state index contributed by atoms with van der Waals surface area (Å²) in [6.45, 7) is 0.927. The second-order valence-corrected chi connectivity index (χ2v) is 11.4. The predicted molar refractivity (Wildman–Crippen MR) is 159 cm³/mol. The van der Waals surface area contributed by atoms with Crippen molar-refractivity contribution in [3.63, 3.8) is 0 Å². The molecule has 188 valence electrons. The Morgan fingerprint density at radius 2 is 1.50 bits per heavy atom. The van der Waals surface area contributed by atoms with Gasteiger partial charge in [0.25, 0.3) is 0 Å². The molecule has 0 spiro atoms. The molecule has 6 aromatic rings. The van der Waals surface area contributed by atoms with Crippen LogP contribution in [0.25, 0.3) is 43.2 Å². The van der Waals surface area contributed by atoms with Crippen molar-refractivity contribution in [2.75, 3.05) is 20.6 Å². The minimum Gasteiger partial charge on any atom is -0.358 e. The van der Waals surface area contributed by atoms with Gasteiger partial charge in [0.2, 0.25) is 0 Å². The number of nitrogens with one attached hydrogen (secondary N) is 1. The molecular weight excluding hydrogens is 464 g/mol. The first-order valence-electron chi connectivity index (χ1n) is 13.6. The summed E-state index contributed by atoms with van der Waals surface area (Å²) in [5.74, 6) is -0.0507. The van der Waals surface area contributed by atoms with Crippen molar-refractivity contribution >= 4 is 49.5 Å². The fourth-order valence-corrected chi connectivity index (χ4v) is 7.17. The third-order valence-electron chi connectivity index (χ3n) is 8.72. The maximum atomic E-state index is 12.2. The Labute approximate surface area is 223 Å². The Hall–Kier alpha value is -3.95. The van der Waals surface area contributed by atoms with Gasteiger partial charge in [0, 0.05) is 34.5 Å². The summed E-state index contributed by atoms with van der Waals surface area (Å²) in [7, 11) is 4.32. The van der Waals surface area contributed by atoms with Crippen LogP contribution in [-0.4, -0.2) is 36.8 Å². The van der Waals surface area contributed by atoms with Crippen LogP contribution in [0.5, 0.6) is 0 Å². The number of para-hydroxylation sites is 1. The third kappa shape index (κ3) is 3.57. The minimum absolute atomic E-state index is 0.0507. The summed E-state index contributed by atoms with van der Waals surface area (Å²) < 4.78 is 0. The molecule has 7 rings (SSSR count). The highest BCUT2D eigenvalue weighted by molar-refractivity contribution is 6.17. The SMILES string of the molecule is CN(C)CC1(Cc2ccc3ccc4c5ccccc5ccc4c3c2)CCC(C=O)c2c1[nH]c1ccccc21. The number of aromatic nitrogens is 1. The van der Waals surface area contributed by atoms with Crippen molar-refractivity contribution in [3.05, 3.63) is 108 Å². The highest BCUT2D eigenvalue weighted by atomic mass is 16.1. The molecule has 3 nitrogen and oxygen atoms in total. The van der Waals surface area contributed by atoms with Crippen LogP contribution in [0.1, 0.15) is 35.6 Å². The van der Waals surface area contributed by atoms with Gasteiger partial charge in [-0.3, -0.25) is 0 Å². The fourth-order valence-electron chi connectivity index (χ4n) is 7.17. The molecule has 0 bridgehead atoms. The second-order valence-electron chi connectivity index (χ2n) is 11.4. The molecule has 1 N–H and O–H groups in total. The fraction of sp³-hybridized carbons (Fsp3) is 0.229. The first kappa shape index (κ1) is 23.2. The van der Waals surface area contributed by atoms with Gasteiger partial charge >= 0.3 is 0 Å². The van der Waals surface area contributed by atoms with E-state index < -0.39 is 0 Å². The number of aldehydes is 1. The Bertz CT molecular complexity index is 1850. The lowest BCUT2D eigenvalue weighted by atomic mass is 9.66. The average Bonchev–Trinajstić information content (AvgIpc) is 3.34. The molecule has 0 radical (unpaired) electrons. The molecule has 2 atom stereocenters. The Morgan fingerprint density at radius 1 is 0.816 bits per heavy atom. The Morgan fingerprint density at radius 3 is 2.29 bits per heavy atom. The number of carbonyl (C=O) groups excluding carboxylic acids is 1. The number of benzene rings is 5. The molecule has 1 aliphatic carbocycles. The zero-order valence-electron chi connectivity index (χ0n) is 22.0. The third-order valence-corrected chi connectivity index (χ3v) is 8.72. The van der Waals surface area contributed by atoms with Gasteiger partial charge in [-0.25, -0.2) is 0 Å². The number of fused-ring (bicyclic) bond motifs is 8. The van der Waals surface area contributed by atoms with Crippen molar-refractivity contribution in [2.24, 2.45) is 0 Å². The van der Waals surface area contributed by atoms with Crippen LogP contribution in [0.3, 0.4) is 0 Å². The lowest BCUT2D eigenvalue weighted by Gasteiger charge is -2.41. The van der Waals surface area contributed by atoms with E-state index in [4.69, 9.17) is 0 Å². The molecule has 0 fully saturated rings. The van der Waals surface area contributed by atoms with Crippen molar-refractivity contribution in [2.45, 2.75) is 30.6 Å². The van der Waals surface area contributed by atoms with Gasteiger partial charge in [0.1, 0.15) is 6.29 Å². The van der Waals surface area contributed by atoms with E-state index in [0.717, 1.165) is 37.6 Å². The van der Waals surface area contributed by atoms with E-state index in [9.17, 15) is 4.79 Å². The summed E-state index contributed by atoms with van der Waals surface area (Å²) in [5.41, 5.74) is 4.84. The maximum Gasteiger partial charge on any atom is 0.127 e. The number of hydrogen-bond donors (Lipinski definition) is 1. The van der Waals surface area contributed by atoms with Gasteiger partial charge in [-0.2, -0.15) is 0 Å². The van der Waals surface area contributed by atoms with Gasteiger partial charge in [0.05, 0.1) is 0 Å². The summed E-state index contributed by atoms with van der Waals surface area (Å²) >= 11 is 0. The first-order valence-corrected chi connectivity index (χ1v) is 13.6. The van der Waals surface area contributed by atoms with Crippen LogP contribution in [0.4, 0.5) is 0 Å². The van der Waals surface area contributed by atoms with Crippen molar-refractivity contribution < 1.29 is 4.79 Å². The smallest absolute Gasteiger partial charge is 0.127 e. The summed E-state index contributed by atoms with van der Waals surface area (Å²) in [6, 6.07) is 33.2. The number of aromatic amines is 1. The molecule has 5 aromatic carbocycles. The molecule has 38 heavy (non-hydrogen) atoms. The molecular formula is C35H32N2O. The maximum absolute atomic E-state index is 12.2. The molecule has 2 unspecified atom stereocenters. The Kier molecular flexibility index (Phi) is 5.38. The van der Waals surface area contributed by atoms with Crippen LogP contribution in [-0.2, 0) is 16.6 Å². The molecule has 3 heteroatoms. The molecule has 0 aliphatic heterocycles. The largest absolute Gasteiger partial charge is 0.358 e. The van der Waals surface area contributed by atoms with Crippen LogP contribution < -0.4 is 0 Å². The zero-order chi connectivity index (χ0) is 25.9. The molecule has 1 aromatic heterocycles. The standard InChI is InChI=1S/C35H32N2O/c1-37(2)22-35(18-17-26(21-38)33-30-9-5-6-10-32(30)36-34(33)35)20-23-11-12-25-14-15-28-27-8-4-3-7-24(27)13-16-29(28)31(25)19-23/h3-16,19,21,26,36H,17-18,20,22H2,1-2H3. The van der Waals surface area contributed by atoms with Gasteiger partial charge in [-0.15, -0.1) is 0 Å². The lowest BCUT2D eigenvalue weighted by molar-refractivity contribution is -0.109. The van der Waals surface area contributed by atoms with Crippen LogP contribution >= 0.6 is 0 Å². The van der Waals surface area contributed by atoms with Crippen molar-refractivity contribution in [3.8, 4) is 0 Å². The van der Waals surface area contributed by atoms with Crippen LogP contribution in [0.15, 0.2) is 91.0 Å². The molecule has 0 saturated carbocycles. The average molecular weight is 497 g/mol. The summed E-state index contributed by atoms with van der Waals surface area (Å²) in [4.78, 5) is 18.3.